The number of hydrogen-bond acceptors (Lipinski definition) is 3. The molecule has 14 heavy (non-hydrogen) atoms. The first kappa shape index (κ1) is 9.04. The van der Waals surface area contributed by atoms with E-state index in [9.17, 15) is 5.11 Å². The first-order valence-corrected chi connectivity index (χ1v) is 4.45. The van der Waals surface area contributed by atoms with Crippen LogP contribution in [0.15, 0.2) is 18.2 Å². The molecular formula is C11H11NO2. The average Bonchev–Trinajstić information content (AvgIpc) is 2.38. The van der Waals surface area contributed by atoms with Crippen molar-refractivity contribution in [1.82, 2.24) is 0 Å². The summed E-state index contributed by atoms with van der Waals surface area (Å²) in [5.41, 5.74) is 1.04. The number of aliphatic hydroxyl groups excluding tert-OH is 1. The summed E-state index contributed by atoms with van der Waals surface area (Å²) in [7, 11) is 0. The summed E-state index contributed by atoms with van der Waals surface area (Å²) in [6.45, 7) is 3.79. The summed E-state index contributed by atoms with van der Waals surface area (Å²) in [5, 5.41) is 18.4. The van der Waals surface area contributed by atoms with Crippen LogP contribution in [0.1, 0.15) is 25.0 Å². The number of fused-ring (bicyclic) bond motifs is 1. The minimum atomic E-state index is -0.827. The van der Waals surface area contributed by atoms with Crippen LogP contribution in [-0.4, -0.2) is 11.4 Å². The summed E-state index contributed by atoms with van der Waals surface area (Å²) < 4.78 is 5.27. The molecule has 0 saturated carbocycles. The van der Waals surface area contributed by atoms with Crippen LogP contribution in [0.5, 0.6) is 5.75 Å². The Hall–Kier alpha value is -1.53. The third-order valence-electron chi connectivity index (χ3n) is 2.66. The van der Waals surface area contributed by atoms with Crippen molar-refractivity contribution in [3.8, 4) is 11.8 Å². The molecule has 1 atom stereocenters. The second-order valence-corrected chi connectivity index (χ2v) is 4.01. The van der Waals surface area contributed by atoms with Gasteiger partial charge < -0.3 is 9.84 Å². The molecule has 1 aliphatic heterocycles. The Morgan fingerprint density at radius 2 is 2.21 bits per heavy atom. The van der Waals surface area contributed by atoms with E-state index in [0.29, 0.717) is 11.3 Å². The van der Waals surface area contributed by atoms with E-state index in [2.05, 4.69) is 6.07 Å². The van der Waals surface area contributed by atoms with Crippen LogP contribution in [0.2, 0.25) is 0 Å². The predicted molar refractivity (Wildman–Crippen MR) is 50.8 cm³/mol. The second kappa shape index (κ2) is 2.73. The van der Waals surface area contributed by atoms with Gasteiger partial charge >= 0.3 is 0 Å². The molecule has 0 aromatic heterocycles. The number of ether oxygens (including phenoxy) is 1. The molecule has 0 fully saturated rings. The van der Waals surface area contributed by atoms with Gasteiger partial charge in [0.05, 0.1) is 17.0 Å². The monoisotopic (exact) mass is 189 g/mol. The van der Waals surface area contributed by atoms with Gasteiger partial charge in [0.1, 0.15) is 5.75 Å². The number of benzene rings is 1. The lowest BCUT2D eigenvalue weighted by Crippen LogP contribution is -2.31. The summed E-state index contributed by atoms with van der Waals surface area (Å²) in [6, 6.07) is 7.26. The molecule has 3 heteroatoms. The first-order valence-electron chi connectivity index (χ1n) is 4.45. The van der Waals surface area contributed by atoms with Crippen molar-refractivity contribution in [2.75, 3.05) is 0 Å². The molecule has 0 aliphatic carbocycles. The number of rotatable bonds is 0. The molecule has 1 heterocycles. The first-order chi connectivity index (χ1) is 6.55. The van der Waals surface area contributed by atoms with E-state index >= 15 is 0 Å². The summed E-state index contributed by atoms with van der Waals surface area (Å²) >= 11 is 0. The fraction of sp³-hybridized carbons (Fsp3) is 0.364. The number of nitriles is 1. The van der Waals surface area contributed by atoms with Crippen molar-refractivity contribution < 1.29 is 9.84 Å². The van der Waals surface area contributed by atoms with E-state index in [1.54, 1.807) is 18.2 Å². The number of hydrogen-bond donors (Lipinski definition) is 1. The van der Waals surface area contributed by atoms with Gasteiger partial charge in [-0.2, -0.15) is 5.26 Å². The number of nitrogens with zero attached hydrogens (tertiary/aromatic N) is 1. The third-order valence-corrected chi connectivity index (χ3v) is 2.66. The highest BCUT2D eigenvalue weighted by Gasteiger charge is 2.40. The van der Waals surface area contributed by atoms with Crippen molar-refractivity contribution in [2.24, 2.45) is 0 Å². The van der Waals surface area contributed by atoms with Crippen LogP contribution in [0.4, 0.5) is 0 Å². The van der Waals surface area contributed by atoms with Crippen LogP contribution in [-0.2, 0) is 5.41 Å². The van der Waals surface area contributed by atoms with Crippen molar-refractivity contribution >= 4 is 0 Å². The minimum absolute atomic E-state index is 0.442. The Bertz CT molecular complexity index is 418. The SMILES string of the molecule is CC1(C)c2cc(C#N)ccc2O[C@@H]1O. The lowest BCUT2D eigenvalue weighted by Gasteiger charge is -2.20. The van der Waals surface area contributed by atoms with Crippen molar-refractivity contribution in [1.29, 1.82) is 5.26 Å². The zero-order chi connectivity index (χ0) is 10.3. The summed E-state index contributed by atoms with van der Waals surface area (Å²) in [5.74, 6) is 0.668. The molecule has 2 rings (SSSR count). The standard InChI is InChI=1S/C11H11NO2/c1-11(2)8-5-7(6-12)3-4-9(8)14-10(11)13/h3-5,10,13H,1-2H3/t10-/m0/s1. The van der Waals surface area contributed by atoms with Gasteiger partial charge in [-0.3, -0.25) is 0 Å². The molecule has 0 amide bonds. The van der Waals surface area contributed by atoms with E-state index < -0.39 is 11.7 Å². The number of aliphatic hydroxyl groups is 1. The Morgan fingerprint density at radius 3 is 2.86 bits per heavy atom. The lowest BCUT2D eigenvalue weighted by molar-refractivity contribution is -0.0450. The molecule has 0 saturated heterocycles. The normalized spacial score (nSPS) is 22.3. The Morgan fingerprint density at radius 1 is 1.50 bits per heavy atom. The van der Waals surface area contributed by atoms with Crippen LogP contribution in [0, 0.1) is 11.3 Å². The molecule has 1 aliphatic rings. The fourth-order valence-electron chi connectivity index (χ4n) is 1.61. The van der Waals surface area contributed by atoms with Gasteiger partial charge in [-0.15, -0.1) is 0 Å². The van der Waals surface area contributed by atoms with Gasteiger partial charge in [0.15, 0.2) is 0 Å². The molecular weight excluding hydrogens is 178 g/mol. The third kappa shape index (κ3) is 1.08. The van der Waals surface area contributed by atoms with Crippen LogP contribution >= 0.6 is 0 Å². The molecule has 72 valence electrons. The molecule has 0 spiro atoms. The van der Waals surface area contributed by atoms with Crippen molar-refractivity contribution in [2.45, 2.75) is 25.6 Å². The molecule has 3 nitrogen and oxygen atoms in total. The maximum Gasteiger partial charge on any atom is 0.206 e. The second-order valence-electron chi connectivity index (χ2n) is 4.01. The van der Waals surface area contributed by atoms with E-state index in [4.69, 9.17) is 10.00 Å². The van der Waals surface area contributed by atoms with E-state index in [1.807, 2.05) is 13.8 Å². The largest absolute Gasteiger partial charge is 0.464 e. The minimum Gasteiger partial charge on any atom is -0.464 e. The van der Waals surface area contributed by atoms with E-state index in [0.717, 1.165) is 5.56 Å². The molecule has 1 aromatic carbocycles. The highest BCUT2D eigenvalue weighted by atomic mass is 16.6. The van der Waals surface area contributed by atoms with Crippen molar-refractivity contribution in [3.05, 3.63) is 29.3 Å². The Labute approximate surface area is 82.6 Å². The highest BCUT2D eigenvalue weighted by Crippen LogP contribution is 2.41. The van der Waals surface area contributed by atoms with Gasteiger partial charge in [-0.05, 0) is 32.0 Å². The quantitative estimate of drug-likeness (QED) is 0.673. The maximum atomic E-state index is 9.64. The molecule has 1 aromatic rings. The van der Waals surface area contributed by atoms with Crippen LogP contribution in [0.25, 0.3) is 0 Å². The van der Waals surface area contributed by atoms with Gasteiger partial charge in [0.2, 0.25) is 6.29 Å². The fourth-order valence-corrected chi connectivity index (χ4v) is 1.61. The topological polar surface area (TPSA) is 53.2 Å². The molecule has 0 radical (unpaired) electrons. The highest BCUT2D eigenvalue weighted by molar-refractivity contribution is 5.48. The van der Waals surface area contributed by atoms with Gasteiger partial charge in [0.25, 0.3) is 0 Å². The predicted octanol–water partition coefficient (Wildman–Crippen LogP) is 1.55. The zero-order valence-corrected chi connectivity index (χ0v) is 8.11. The summed E-state index contributed by atoms with van der Waals surface area (Å²) in [6.07, 6.45) is -0.827. The smallest absolute Gasteiger partial charge is 0.206 e. The summed E-state index contributed by atoms with van der Waals surface area (Å²) in [4.78, 5) is 0. The van der Waals surface area contributed by atoms with Gasteiger partial charge in [-0.25, -0.2) is 0 Å². The van der Waals surface area contributed by atoms with Crippen molar-refractivity contribution in [3.63, 3.8) is 0 Å². The molecule has 0 bridgehead atoms. The van der Waals surface area contributed by atoms with E-state index in [1.165, 1.54) is 0 Å². The Balaban J connectivity index is 2.58. The van der Waals surface area contributed by atoms with Gasteiger partial charge in [0, 0.05) is 5.56 Å². The van der Waals surface area contributed by atoms with Crippen LogP contribution < -0.4 is 4.74 Å². The Kier molecular flexibility index (Phi) is 1.76. The maximum absolute atomic E-state index is 9.64. The van der Waals surface area contributed by atoms with Crippen LogP contribution in [0.3, 0.4) is 0 Å². The molecule has 0 unspecified atom stereocenters. The van der Waals surface area contributed by atoms with E-state index in [-0.39, 0.29) is 0 Å². The lowest BCUT2D eigenvalue weighted by atomic mass is 9.85. The molecule has 1 N–H and O–H groups in total. The average molecular weight is 189 g/mol. The van der Waals surface area contributed by atoms with Gasteiger partial charge in [-0.1, -0.05) is 0 Å². The zero-order valence-electron chi connectivity index (χ0n) is 8.11.